The maximum atomic E-state index is 12.8. The third-order valence-electron chi connectivity index (χ3n) is 4.82. The maximum absolute atomic E-state index is 12.8. The van der Waals surface area contributed by atoms with Crippen LogP contribution in [-0.4, -0.2) is 39.0 Å². The first-order chi connectivity index (χ1) is 9.98. The van der Waals surface area contributed by atoms with E-state index in [0.717, 1.165) is 43.4 Å². The summed E-state index contributed by atoms with van der Waals surface area (Å²) in [6.07, 6.45) is 5.36. The first kappa shape index (κ1) is 15.7. The van der Waals surface area contributed by atoms with Crippen molar-refractivity contribution in [2.45, 2.75) is 42.4 Å². The average Bonchev–Trinajstić information content (AvgIpc) is 3.06. The summed E-state index contributed by atoms with van der Waals surface area (Å²) in [6.45, 7) is 1.17. The highest BCUT2D eigenvalue weighted by Crippen LogP contribution is 2.47. The molecule has 1 aromatic rings. The topological polar surface area (TPSA) is 46.6 Å². The number of methoxy groups -OCH3 is 1. The summed E-state index contributed by atoms with van der Waals surface area (Å²) in [5.41, 5.74) is 0.00112. The highest BCUT2D eigenvalue weighted by Gasteiger charge is 2.48. The molecule has 1 aromatic heterocycles. The van der Waals surface area contributed by atoms with Crippen LogP contribution in [0.25, 0.3) is 0 Å². The molecule has 1 aliphatic heterocycles. The fourth-order valence-corrected chi connectivity index (χ4v) is 7.04. The van der Waals surface area contributed by atoms with E-state index in [4.69, 9.17) is 16.3 Å². The molecule has 2 heterocycles. The molecule has 0 bridgehead atoms. The molecule has 4 nitrogen and oxygen atoms in total. The predicted octanol–water partition coefficient (Wildman–Crippen LogP) is 3.37. The number of ether oxygens (including phenoxy) is 1. The summed E-state index contributed by atoms with van der Waals surface area (Å²) >= 11 is 7.02. The van der Waals surface area contributed by atoms with E-state index in [0.29, 0.717) is 21.6 Å². The number of halogens is 1. The molecule has 0 aromatic carbocycles. The summed E-state index contributed by atoms with van der Waals surface area (Å²) < 4.78 is 33.7. The van der Waals surface area contributed by atoms with E-state index >= 15 is 0 Å². The quantitative estimate of drug-likeness (QED) is 0.840. The van der Waals surface area contributed by atoms with Crippen LogP contribution in [0.2, 0.25) is 4.34 Å². The van der Waals surface area contributed by atoms with Crippen molar-refractivity contribution in [3.63, 3.8) is 0 Å². The van der Waals surface area contributed by atoms with Gasteiger partial charge in [-0.15, -0.1) is 11.3 Å². The minimum absolute atomic E-state index is 0.00112. The van der Waals surface area contributed by atoms with Crippen molar-refractivity contribution in [3.8, 4) is 0 Å². The van der Waals surface area contributed by atoms with Gasteiger partial charge >= 0.3 is 0 Å². The van der Waals surface area contributed by atoms with Crippen LogP contribution in [0, 0.1) is 5.41 Å². The summed E-state index contributed by atoms with van der Waals surface area (Å²) in [6, 6.07) is 3.25. The molecule has 1 saturated carbocycles. The van der Waals surface area contributed by atoms with Gasteiger partial charge in [-0.2, -0.15) is 4.31 Å². The van der Waals surface area contributed by atoms with Crippen molar-refractivity contribution in [2.75, 3.05) is 20.2 Å². The van der Waals surface area contributed by atoms with Crippen LogP contribution in [0.4, 0.5) is 0 Å². The van der Waals surface area contributed by atoms with Gasteiger partial charge in [-0.25, -0.2) is 8.42 Å². The third kappa shape index (κ3) is 2.77. The molecule has 0 radical (unpaired) electrons. The Bertz CT molecular complexity index is 615. The van der Waals surface area contributed by atoms with E-state index in [1.807, 2.05) is 0 Å². The summed E-state index contributed by atoms with van der Waals surface area (Å²) in [7, 11) is -1.68. The van der Waals surface area contributed by atoms with E-state index in [1.54, 1.807) is 23.5 Å². The van der Waals surface area contributed by atoms with Crippen molar-refractivity contribution in [1.82, 2.24) is 4.31 Å². The van der Waals surface area contributed by atoms with E-state index in [-0.39, 0.29) is 11.5 Å². The number of hydrogen-bond acceptors (Lipinski definition) is 4. The zero-order chi connectivity index (χ0) is 15.1. The highest BCUT2D eigenvalue weighted by molar-refractivity contribution is 7.91. The lowest BCUT2D eigenvalue weighted by Crippen LogP contribution is -2.49. The van der Waals surface area contributed by atoms with Crippen molar-refractivity contribution >= 4 is 33.0 Å². The molecule has 0 unspecified atom stereocenters. The van der Waals surface area contributed by atoms with E-state index in [2.05, 4.69) is 0 Å². The Labute approximate surface area is 135 Å². The molecule has 2 aliphatic rings. The molecular formula is C14H20ClNO3S2. The minimum Gasteiger partial charge on any atom is -0.381 e. The molecule has 7 heteroatoms. The van der Waals surface area contributed by atoms with Crippen molar-refractivity contribution < 1.29 is 13.2 Å². The Hall–Kier alpha value is -0.140. The Morgan fingerprint density at radius 2 is 2.14 bits per heavy atom. The largest absolute Gasteiger partial charge is 0.381 e. The lowest BCUT2D eigenvalue weighted by atomic mass is 9.77. The van der Waals surface area contributed by atoms with Crippen LogP contribution in [0.1, 0.15) is 32.1 Å². The van der Waals surface area contributed by atoms with Crippen LogP contribution in [0.5, 0.6) is 0 Å². The molecule has 3 rings (SSSR count). The molecule has 21 heavy (non-hydrogen) atoms. The van der Waals surface area contributed by atoms with E-state index in [1.165, 1.54) is 0 Å². The van der Waals surface area contributed by atoms with Crippen LogP contribution in [0.15, 0.2) is 16.3 Å². The lowest BCUT2D eigenvalue weighted by Gasteiger charge is -2.42. The van der Waals surface area contributed by atoms with Crippen LogP contribution < -0.4 is 0 Å². The summed E-state index contributed by atoms with van der Waals surface area (Å²) in [5.74, 6) is 0. The number of nitrogens with zero attached hydrogens (tertiary/aromatic N) is 1. The minimum atomic E-state index is -3.42. The molecule has 0 N–H and O–H groups in total. The summed E-state index contributed by atoms with van der Waals surface area (Å²) in [4.78, 5) is 0. The van der Waals surface area contributed by atoms with E-state index < -0.39 is 10.0 Å². The maximum Gasteiger partial charge on any atom is 0.252 e. The first-order valence-corrected chi connectivity index (χ1v) is 9.90. The van der Waals surface area contributed by atoms with Gasteiger partial charge in [-0.1, -0.05) is 18.0 Å². The second-order valence-corrected chi connectivity index (χ2v) is 9.86. The molecule has 0 amide bonds. The van der Waals surface area contributed by atoms with Crippen LogP contribution in [0.3, 0.4) is 0 Å². The molecule has 1 aliphatic carbocycles. The molecule has 2 atom stereocenters. The second-order valence-electron chi connectivity index (χ2n) is 5.98. The monoisotopic (exact) mass is 349 g/mol. The SMILES string of the molecule is CO[C@@H]1CCC[C@]12CCCN(S(=O)(=O)c1ccc(Cl)s1)C2. The molecule has 118 valence electrons. The van der Waals surface area contributed by atoms with Gasteiger partial charge in [-0.3, -0.25) is 0 Å². The van der Waals surface area contributed by atoms with Gasteiger partial charge in [0.15, 0.2) is 0 Å². The lowest BCUT2D eigenvalue weighted by molar-refractivity contribution is -0.0184. The normalized spacial score (nSPS) is 31.0. The number of piperidine rings is 1. The van der Waals surface area contributed by atoms with Gasteiger partial charge in [0.2, 0.25) is 0 Å². The van der Waals surface area contributed by atoms with Gasteiger partial charge in [0.05, 0.1) is 10.4 Å². The number of sulfonamides is 1. The van der Waals surface area contributed by atoms with Gasteiger partial charge in [0.1, 0.15) is 4.21 Å². The standard InChI is InChI=1S/C14H20ClNO3S2/c1-19-11-4-2-7-14(11)8-3-9-16(10-14)21(17,18)13-6-5-12(15)20-13/h5-6,11H,2-4,7-10H2,1H3/t11-,14-/m1/s1. The molecule has 1 spiro atoms. The van der Waals surface area contributed by atoms with Gasteiger partial charge in [-0.05, 0) is 37.8 Å². The Kier molecular flexibility index (Phi) is 4.36. The Balaban J connectivity index is 1.86. The number of hydrogen-bond donors (Lipinski definition) is 0. The Morgan fingerprint density at radius 1 is 1.38 bits per heavy atom. The second kappa shape index (κ2) is 5.81. The zero-order valence-electron chi connectivity index (χ0n) is 12.0. The number of thiophene rings is 1. The van der Waals surface area contributed by atoms with Crippen LogP contribution >= 0.6 is 22.9 Å². The third-order valence-corrected chi connectivity index (χ3v) is 8.37. The van der Waals surface area contributed by atoms with Crippen LogP contribution in [-0.2, 0) is 14.8 Å². The molecule has 2 fully saturated rings. The van der Waals surface area contributed by atoms with Gasteiger partial charge < -0.3 is 4.74 Å². The Morgan fingerprint density at radius 3 is 2.81 bits per heavy atom. The molecule has 1 saturated heterocycles. The molecular weight excluding hydrogens is 330 g/mol. The van der Waals surface area contributed by atoms with E-state index in [9.17, 15) is 8.42 Å². The predicted molar refractivity (Wildman–Crippen MR) is 84.4 cm³/mol. The van der Waals surface area contributed by atoms with Crippen molar-refractivity contribution in [3.05, 3.63) is 16.5 Å². The van der Waals surface area contributed by atoms with Gasteiger partial charge in [0.25, 0.3) is 10.0 Å². The first-order valence-electron chi connectivity index (χ1n) is 7.26. The highest BCUT2D eigenvalue weighted by atomic mass is 35.5. The fraction of sp³-hybridized carbons (Fsp3) is 0.714. The van der Waals surface area contributed by atoms with Crippen molar-refractivity contribution in [1.29, 1.82) is 0 Å². The fourth-order valence-electron chi connectivity index (χ4n) is 3.83. The van der Waals surface area contributed by atoms with Gasteiger partial charge in [0, 0.05) is 25.6 Å². The summed E-state index contributed by atoms with van der Waals surface area (Å²) in [5, 5.41) is 0. The zero-order valence-corrected chi connectivity index (χ0v) is 14.4. The van der Waals surface area contributed by atoms with Crippen molar-refractivity contribution in [2.24, 2.45) is 5.41 Å². The number of rotatable bonds is 3. The average molecular weight is 350 g/mol. The smallest absolute Gasteiger partial charge is 0.252 e.